The van der Waals surface area contributed by atoms with Gasteiger partial charge in [0.1, 0.15) is 18.6 Å². The van der Waals surface area contributed by atoms with Crippen molar-refractivity contribution in [1.82, 2.24) is 16.0 Å². The third-order valence-corrected chi connectivity index (χ3v) is 6.15. The van der Waals surface area contributed by atoms with Crippen molar-refractivity contribution in [3.05, 3.63) is 59.7 Å². The number of hydrogen-bond donors (Lipinski definition) is 4. The van der Waals surface area contributed by atoms with Crippen LogP contribution in [-0.4, -0.2) is 67.9 Å². The average molecular weight is 467 g/mol. The number of carbonyl (C=O) groups is 4. The monoisotopic (exact) mass is 467 g/mol. The third-order valence-electron chi connectivity index (χ3n) is 6.15. The SMILES string of the molecule is COC(CNC(=O)OCC1c2ccccc2-c2ccccc21)C(=O)NC1C(=O)NCC1C(=O)O. The molecule has 178 valence electrons. The minimum absolute atomic E-state index is 0.0746. The van der Waals surface area contributed by atoms with E-state index in [-0.39, 0.29) is 25.6 Å². The number of carboxylic acid groups (broad SMARTS) is 1. The molecule has 1 heterocycles. The Morgan fingerprint density at radius 2 is 1.71 bits per heavy atom. The fraction of sp³-hybridized carbons (Fsp3) is 0.333. The molecule has 3 amide bonds. The first-order valence-electron chi connectivity index (χ1n) is 10.8. The highest BCUT2D eigenvalue weighted by molar-refractivity contribution is 5.95. The molecule has 1 fully saturated rings. The fourth-order valence-electron chi connectivity index (χ4n) is 4.37. The molecule has 4 N–H and O–H groups in total. The van der Waals surface area contributed by atoms with Gasteiger partial charge in [0, 0.05) is 19.6 Å². The Kier molecular flexibility index (Phi) is 6.78. The summed E-state index contributed by atoms with van der Waals surface area (Å²) in [5, 5.41) is 16.5. The number of amides is 3. The predicted molar refractivity (Wildman–Crippen MR) is 120 cm³/mol. The van der Waals surface area contributed by atoms with Crippen molar-refractivity contribution in [3.63, 3.8) is 0 Å². The summed E-state index contributed by atoms with van der Waals surface area (Å²) in [4.78, 5) is 48.0. The maximum atomic E-state index is 12.5. The molecule has 2 aliphatic rings. The van der Waals surface area contributed by atoms with Crippen molar-refractivity contribution in [2.24, 2.45) is 5.92 Å². The van der Waals surface area contributed by atoms with Crippen LogP contribution in [0.3, 0.4) is 0 Å². The zero-order chi connectivity index (χ0) is 24.2. The Hall–Kier alpha value is -3.92. The molecule has 0 spiro atoms. The minimum Gasteiger partial charge on any atom is -0.481 e. The van der Waals surface area contributed by atoms with Gasteiger partial charge in [0.15, 0.2) is 6.10 Å². The summed E-state index contributed by atoms with van der Waals surface area (Å²) >= 11 is 0. The Balaban J connectivity index is 1.32. The normalized spacial score (nSPS) is 19.5. The molecule has 2 aromatic carbocycles. The van der Waals surface area contributed by atoms with Gasteiger partial charge in [0.2, 0.25) is 5.91 Å². The second kappa shape index (κ2) is 9.92. The van der Waals surface area contributed by atoms with E-state index < -0.39 is 41.9 Å². The quantitative estimate of drug-likeness (QED) is 0.451. The van der Waals surface area contributed by atoms with Gasteiger partial charge in [-0.25, -0.2) is 4.79 Å². The first kappa shape index (κ1) is 23.2. The largest absolute Gasteiger partial charge is 0.481 e. The summed E-state index contributed by atoms with van der Waals surface area (Å²) in [6.07, 6.45) is -1.86. The summed E-state index contributed by atoms with van der Waals surface area (Å²) in [5.41, 5.74) is 4.37. The van der Waals surface area contributed by atoms with E-state index in [1.165, 1.54) is 7.11 Å². The smallest absolute Gasteiger partial charge is 0.407 e. The van der Waals surface area contributed by atoms with Crippen LogP contribution in [0.2, 0.25) is 0 Å². The number of benzene rings is 2. The number of aliphatic carboxylic acids is 1. The van der Waals surface area contributed by atoms with Crippen molar-refractivity contribution in [1.29, 1.82) is 0 Å². The number of nitrogens with one attached hydrogen (secondary N) is 3. The van der Waals surface area contributed by atoms with E-state index >= 15 is 0 Å². The van der Waals surface area contributed by atoms with E-state index in [0.717, 1.165) is 22.3 Å². The number of carboxylic acids is 1. The maximum Gasteiger partial charge on any atom is 0.407 e. The van der Waals surface area contributed by atoms with Gasteiger partial charge in [0.05, 0.1) is 6.54 Å². The van der Waals surface area contributed by atoms with Crippen LogP contribution < -0.4 is 16.0 Å². The van der Waals surface area contributed by atoms with E-state index in [1.54, 1.807) is 0 Å². The number of methoxy groups -OCH3 is 1. The van der Waals surface area contributed by atoms with E-state index in [0.29, 0.717) is 0 Å². The summed E-state index contributed by atoms with van der Waals surface area (Å²) in [6, 6.07) is 14.7. The average Bonchev–Trinajstić information content (AvgIpc) is 3.36. The molecule has 1 aliphatic heterocycles. The lowest BCUT2D eigenvalue weighted by Gasteiger charge is -2.20. The van der Waals surface area contributed by atoms with Crippen LogP contribution in [0, 0.1) is 5.92 Å². The lowest BCUT2D eigenvalue weighted by Crippen LogP contribution is -2.52. The molecule has 10 heteroatoms. The van der Waals surface area contributed by atoms with Gasteiger partial charge in [-0.15, -0.1) is 0 Å². The van der Waals surface area contributed by atoms with Crippen LogP contribution in [0.25, 0.3) is 11.1 Å². The molecule has 0 radical (unpaired) electrons. The van der Waals surface area contributed by atoms with E-state index in [1.807, 2.05) is 48.5 Å². The molecule has 34 heavy (non-hydrogen) atoms. The van der Waals surface area contributed by atoms with Gasteiger partial charge in [-0.2, -0.15) is 0 Å². The number of ether oxygens (including phenoxy) is 2. The lowest BCUT2D eigenvalue weighted by molar-refractivity contribution is -0.144. The van der Waals surface area contributed by atoms with E-state index in [2.05, 4.69) is 16.0 Å². The van der Waals surface area contributed by atoms with E-state index in [4.69, 9.17) is 9.47 Å². The molecule has 2 aromatic rings. The predicted octanol–water partition coefficient (Wildman–Crippen LogP) is 0.856. The van der Waals surface area contributed by atoms with Crippen molar-refractivity contribution in [2.75, 3.05) is 26.8 Å². The Labute approximate surface area is 195 Å². The lowest BCUT2D eigenvalue weighted by atomic mass is 9.98. The number of alkyl carbamates (subject to hydrolysis) is 1. The van der Waals surface area contributed by atoms with Crippen LogP contribution in [0.5, 0.6) is 0 Å². The summed E-state index contributed by atoms with van der Waals surface area (Å²) in [6.45, 7) is -0.175. The van der Waals surface area contributed by atoms with Gasteiger partial charge in [-0.3, -0.25) is 14.4 Å². The number of fused-ring (bicyclic) bond motifs is 3. The molecular formula is C24H25N3O7. The standard InChI is InChI=1S/C24H25N3O7/c1-33-19(21(28)27-20-17(23(30)31)10-25-22(20)29)11-26-24(32)34-12-18-15-8-4-2-6-13(15)14-7-3-5-9-16(14)18/h2-9,17-20H,10-12H2,1H3,(H,25,29)(H,26,32)(H,27,28)(H,30,31). The van der Waals surface area contributed by atoms with Gasteiger partial charge >= 0.3 is 12.1 Å². The highest BCUT2D eigenvalue weighted by Gasteiger charge is 2.41. The number of hydrogen-bond acceptors (Lipinski definition) is 6. The molecular weight excluding hydrogens is 442 g/mol. The summed E-state index contributed by atoms with van der Waals surface area (Å²) < 4.78 is 10.5. The zero-order valence-corrected chi connectivity index (χ0v) is 18.4. The van der Waals surface area contributed by atoms with E-state index in [9.17, 15) is 24.3 Å². The maximum absolute atomic E-state index is 12.5. The number of carbonyl (C=O) groups excluding carboxylic acids is 3. The zero-order valence-electron chi connectivity index (χ0n) is 18.4. The molecule has 0 saturated carbocycles. The summed E-state index contributed by atoms with van der Waals surface area (Å²) in [7, 11) is 1.27. The molecule has 0 aromatic heterocycles. The Morgan fingerprint density at radius 3 is 2.29 bits per heavy atom. The Morgan fingerprint density at radius 1 is 1.09 bits per heavy atom. The van der Waals surface area contributed by atoms with Gasteiger partial charge in [-0.1, -0.05) is 48.5 Å². The van der Waals surface area contributed by atoms with Gasteiger partial charge in [0.25, 0.3) is 5.91 Å². The van der Waals surface area contributed by atoms with Crippen molar-refractivity contribution in [3.8, 4) is 11.1 Å². The minimum atomic E-state index is -1.21. The van der Waals surface area contributed by atoms with Crippen molar-refractivity contribution in [2.45, 2.75) is 18.1 Å². The van der Waals surface area contributed by atoms with Crippen molar-refractivity contribution >= 4 is 23.9 Å². The topological polar surface area (TPSA) is 143 Å². The van der Waals surface area contributed by atoms with Gasteiger partial charge < -0.3 is 30.5 Å². The highest BCUT2D eigenvalue weighted by Crippen LogP contribution is 2.44. The first-order valence-corrected chi connectivity index (χ1v) is 10.8. The molecule has 4 rings (SSSR count). The molecule has 3 atom stereocenters. The molecule has 1 aliphatic carbocycles. The fourth-order valence-corrected chi connectivity index (χ4v) is 4.37. The van der Waals surface area contributed by atoms with Crippen LogP contribution in [-0.2, 0) is 23.9 Å². The molecule has 0 bridgehead atoms. The number of rotatable bonds is 8. The summed E-state index contributed by atoms with van der Waals surface area (Å²) in [5.74, 6) is -3.68. The van der Waals surface area contributed by atoms with Gasteiger partial charge in [-0.05, 0) is 22.3 Å². The third kappa shape index (κ3) is 4.58. The first-order chi connectivity index (χ1) is 16.4. The molecule has 3 unspecified atom stereocenters. The molecule has 10 nitrogen and oxygen atoms in total. The second-order valence-electron chi connectivity index (χ2n) is 8.11. The van der Waals surface area contributed by atoms with Crippen LogP contribution in [0.15, 0.2) is 48.5 Å². The Bertz CT molecular complexity index is 1070. The van der Waals surface area contributed by atoms with Crippen LogP contribution >= 0.6 is 0 Å². The highest BCUT2D eigenvalue weighted by atomic mass is 16.5. The van der Waals surface area contributed by atoms with Crippen LogP contribution in [0.1, 0.15) is 17.0 Å². The second-order valence-corrected chi connectivity index (χ2v) is 8.11. The van der Waals surface area contributed by atoms with Crippen LogP contribution in [0.4, 0.5) is 4.79 Å². The van der Waals surface area contributed by atoms with Crippen molar-refractivity contribution < 1.29 is 33.8 Å². The molecule has 1 saturated heterocycles.